The van der Waals surface area contributed by atoms with Gasteiger partial charge in [0, 0.05) is 4.88 Å². The van der Waals surface area contributed by atoms with E-state index < -0.39 is 12.0 Å². The first-order valence-electron chi connectivity index (χ1n) is 6.61. The number of fused-ring (bicyclic) bond motifs is 3. The van der Waals surface area contributed by atoms with Crippen molar-refractivity contribution >= 4 is 27.5 Å². The van der Waals surface area contributed by atoms with Gasteiger partial charge in [-0.05, 0) is 37.7 Å². The number of aliphatic carboxylic acids is 1. The van der Waals surface area contributed by atoms with Crippen molar-refractivity contribution in [2.24, 2.45) is 5.92 Å². The Morgan fingerprint density at radius 1 is 1.55 bits per heavy atom. The lowest BCUT2D eigenvalue weighted by atomic mass is 9.89. The molecule has 0 amide bonds. The molecule has 0 saturated heterocycles. The zero-order valence-electron chi connectivity index (χ0n) is 11.3. The van der Waals surface area contributed by atoms with Crippen molar-refractivity contribution in [1.82, 2.24) is 15.0 Å². The topological polar surface area (TPSA) is 85.1 Å². The van der Waals surface area contributed by atoms with Crippen LogP contribution >= 0.6 is 11.3 Å². The van der Waals surface area contributed by atoms with E-state index in [1.54, 1.807) is 0 Å². The quantitative estimate of drug-likeness (QED) is 0.909. The number of hydrogen-bond acceptors (Lipinski definition) is 5. The van der Waals surface area contributed by atoms with Gasteiger partial charge in [-0.1, -0.05) is 12.1 Å². The third kappa shape index (κ3) is 1.93. The summed E-state index contributed by atoms with van der Waals surface area (Å²) in [4.78, 5) is 25.4. The van der Waals surface area contributed by atoms with Crippen molar-refractivity contribution in [3.05, 3.63) is 20.8 Å². The van der Waals surface area contributed by atoms with E-state index in [2.05, 4.69) is 17.2 Å². The monoisotopic (exact) mass is 293 g/mol. The lowest BCUT2D eigenvalue weighted by molar-refractivity contribution is -0.140. The highest BCUT2D eigenvalue weighted by Gasteiger charge is 2.25. The maximum Gasteiger partial charge on any atom is 0.328 e. The average molecular weight is 293 g/mol. The van der Waals surface area contributed by atoms with Gasteiger partial charge in [0.1, 0.15) is 0 Å². The molecule has 106 valence electrons. The highest BCUT2D eigenvalue weighted by atomic mass is 32.1. The van der Waals surface area contributed by atoms with E-state index >= 15 is 0 Å². The van der Waals surface area contributed by atoms with E-state index in [9.17, 15) is 9.59 Å². The Balaban J connectivity index is 2.23. The molecule has 0 spiro atoms. The largest absolute Gasteiger partial charge is 0.480 e. The minimum absolute atomic E-state index is 0.336. The van der Waals surface area contributed by atoms with Crippen LogP contribution < -0.4 is 5.56 Å². The van der Waals surface area contributed by atoms with E-state index in [0.29, 0.717) is 16.1 Å². The van der Waals surface area contributed by atoms with Crippen LogP contribution in [0.4, 0.5) is 0 Å². The summed E-state index contributed by atoms with van der Waals surface area (Å²) >= 11 is 1.51. The molecule has 0 aliphatic heterocycles. The van der Waals surface area contributed by atoms with E-state index in [1.165, 1.54) is 23.1 Å². The Morgan fingerprint density at radius 2 is 2.30 bits per heavy atom. The summed E-state index contributed by atoms with van der Waals surface area (Å²) < 4.78 is 0.968. The van der Waals surface area contributed by atoms with Gasteiger partial charge in [0.15, 0.2) is 10.9 Å². The van der Waals surface area contributed by atoms with Gasteiger partial charge in [0.25, 0.3) is 5.56 Å². The molecule has 0 aromatic carbocycles. The van der Waals surface area contributed by atoms with Crippen LogP contribution in [0.15, 0.2) is 4.79 Å². The Bertz CT molecular complexity index is 749. The Kier molecular flexibility index (Phi) is 3.08. The lowest BCUT2D eigenvalue weighted by Crippen LogP contribution is -2.31. The molecule has 2 aromatic rings. The van der Waals surface area contributed by atoms with Crippen molar-refractivity contribution in [2.75, 3.05) is 0 Å². The zero-order valence-corrected chi connectivity index (χ0v) is 12.1. The van der Waals surface area contributed by atoms with Crippen LogP contribution in [-0.4, -0.2) is 26.1 Å². The normalized spacial score (nSPS) is 19.8. The minimum Gasteiger partial charge on any atom is -0.480 e. The SMILES string of the molecule is C[C@H]1CCc2c(sc3nnn([C@H](C)C(=O)O)c(=O)c23)C1. The summed E-state index contributed by atoms with van der Waals surface area (Å²) in [5.74, 6) is -0.470. The van der Waals surface area contributed by atoms with Gasteiger partial charge in [-0.2, -0.15) is 4.68 Å². The summed E-state index contributed by atoms with van der Waals surface area (Å²) in [6.45, 7) is 3.63. The molecule has 0 bridgehead atoms. The second-order valence-electron chi connectivity index (χ2n) is 5.39. The molecule has 2 atom stereocenters. The predicted molar refractivity (Wildman–Crippen MR) is 75.2 cm³/mol. The van der Waals surface area contributed by atoms with E-state index in [4.69, 9.17) is 5.11 Å². The van der Waals surface area contributed by atoms with Crippen LogP contribution in [0.1, 0.15) is 36.8 Å². The third-order valence-electron chi connectivity index (χ3n) is 3.87. The fraction of sp³-hybridized carbons (Fsp3) is 0.538. The lowest BCUT2D eigenvalue weighted by Gasteiger charge is -2.17. The van der Waals surface area contributed by atoms with Crippen LogP contribution in [0.5, 0.6) is 0 Å². The summed E-state index contributed by atoms with van der Waals surface area (Å²) in [6.07, 6.45) is 2.87. The number of thiophene rings is 1. The highest BCUT2D eigenvalue weighted by molar-refractivity contribution is 7.18. The smallest absolute Gasteiger partial charge is 0.328 e. The molecule has 0 radical (unpaired) electrons. The fourth-order valence-corrected chi connectivity index (χ4v) is 3.95. The first-order chi connectivity index (χ1) is 9.49. The number of nitrogens with zero attached hydrogens (tertiary/aromatic N) is 3. The molecule has 3 rings (SSSR count). The van der Waals surface area contributed by atoms with Gasteiger partial charge in [0.05, 0.1) is 5.39 Å². The Hall–Kier alpha value is -1.76. The molecule has 0 saturated carbocycles. The summed E-state index contributed by atoms with van der Waals surface area (Å²) in [5, 5.41) is 17.4. The molecule has 2 heterocycles. The molecule has 0 fully saturated rings. The van der Waals surface area contributed by atoms with Crippen molar-refractivity contribution in [3.8, 4) is 0 Å². The molecular weight excluding hydrogens is 278 g/mol. The number of aromatic nitrogens is 3. The van der Waals surface area contributed by atoms with Crippen molar-refractivity contribution in [1.29, 1.82) is 0 Å². The van der Waals surface area contributed by atoms with Crippen molar-refractivity contribution < 1.29 is 9.90 Å². The first kappa shape index (κ1) is 13.2. The van der Waals surface area contributed by atoms with Gasteiger partial charge in [0.2, 0.25) is 0 Å². The number of hydrogen-bond donors (Lipinski definition) is 1. The second kappa shape index (κ2) is 4.66. The van der Waals surface area contributed by atoms with Crippen LogP contribution in [0.3, 0.4) is 0 Å². The number of carbonyl (C=O) groups is 1. The Labute approximate surface area is 119 Å². The number of aryl methyl sites for hydroxylation is 1. The molecule has 7 heteroatoms. The van der Waals surface area contributed by atoms with Gasteiger partial charge < -0.3 is 5.11 Å². The van der Waals surface area contributed by atoms with Gasteiger partial charge in [-0.3, -0.25) is 4.79 Å². The van der Waals surface area contributed by atoms with E-state index in [1.807, 2.05) is 0 Å². The average Bonchev–Trinajstić information content (AvgIpc) is 2.76. The van der Waals surface area contributed by atoms with Crippen LogP contribution in [-0.2, 0) is 17.6 Å². The van der Waals surface area contributed by atoms with Gasteiger partial charge in [-0.25, -0.2) is 4.79 Å². The zero-order chi connectivity index (χ0) is 14.4. The Morgan fingerprint density at radius 3 is 3.00 bits per heavy atom. The summed E-state index contributed by atoms with van der Waals surface area (Å²) in [6, 6.07) is -1.00. The highest BCUT2D eigenvalue weighted by Crippen LogP contribution is 2.35. The van der Waals surface area contributed by atoms with Crippen LogP contribution in [0, 0.1) is 5.92 Å². The van der Waals surface area contributed by atoms with Gasteiger partial charge in [-0.15, -0.1) is 16.4 Å². The standard InChI is InChI=1S/C13H15N3O3S/c1-6-3-4-8-9(5-6)20-11-10(8)12(17)16(15-14-11)7(2)13(18)19/h6-7H,3-5H2,1-2H3,(H,18,19)/t6-,7+/m0/s1. The fourth-order valence-electron chi connectivity index (χ4n) is 2.63. The van der Waals surface area contributed by atoms with Crippen molar-refractivity contribution in [2.45, 2.75) is 39.2 Å². The summed E-state index contributed by atoms with van der Waals surface area (Å²) in [7, 11) is 0. The second-order valence-corrected chi connectivity index (χ2v) is 6.47. The predicted octanol–water partition coefficient (Wildman–Crippen LogP) is 1.62. The molecule has 6 nitrogen and oxygen atoms in total. The number of carboxylic acid groups (broad SMARTS) is 1. The molecular formula is C13H15N3O3S. The number of rotatable bonds is 2. The van der Waals surface area contributed by atoms with Crippen molar-refractivity contribution in [3.63, 3.8) is 0 Å². The minimum atomic E-state index is -1.08. The maximum absolute atomic E-state index is 12.5. The third-order valence-corrected chi connectivity index (χ3v) is 5.01. The molecule has 20 heavy (non-hydrogen) atoms. The van der Waals surface area contributed by atoms with E-state index in [0.717, 1.165) is 29.5 Å². The van der Waals surface area contributed by atoms with Gasteiger partial charge >= 0.3 is 5.97 Å². The molecule has 0 unspecified atom stereocenters. The first-order valence-corrected chi connectivity index (χ1v) is 7.43. The van der Waals surface area contributed by atoms with E-state index in [-0.39, 0.29) is 5.56 Å². The van der Waals surface area contributed by atoms with Crippen LogP contribution in [0.2, 0.25) is 0 Å². The molecule has 1 aliphatic carbocycles. The van der Waals surface area contributed by atoms with Crippen LogP contribution in [0.25, 0.3) is 10.2 Å². The molecule has 2 aromatic heterocycles. The molecule has 1 aliphatic rings. The molecule has 1 N–H and O–H groups in total. The summed E-state index contributed by atoms with van der Waals surface area (Å²) in [5.41, 5.74) is 0.714. The number of carboxylic acids is 1. The maximum atomic E-state index is 12.5.